The van der Waals surface area contributed by atoms with Gasteiger partial charge in [0.25, 0.3) is 0 Å². The van der Waals surface area contributed by atoms with Crippen LogP contribution in [0.15, 0.2) is 103 Å². The number of carbonyl (C=O) groups is 3. The third-order valence-electron chi connectivity index (χ3n) is 10.2. The first-order valence-electron chi connectivity index (χ1n) is 19.4. The Bertz CT molecular complexity index is 2160. The molecule has 10 nitrogen and oxygen atoms in total. The van der Waals surface area contributed by atoms with Crippen LogP contribution in [0.3, 0.4) is 0 Å². The fourth-order valence-electron chi connectivity index (χ4n) is 7.22. The number of carboxylic acid groups (broad SMARTS) is 3. The molecule has 10 heteroatoms. The Morgan fingerprint density at radius 3 is 1.53 bits per heavy atom. The van der Waals surface area contributed by atoms with Gasteiger partial charge in [0.1, 0.15) is 0 Å². The van der Waals surface area contributed by atoms with Gasteiger partial charge in [-0.1, -0.05) is 67.6 Å². The highest BCUT2D eigenvalue weighted by Crippen LogP contribution is 2.31. The molecule has 5 aromatic rings. The van der Waals surface area contributed by atoms with Crippen molar-refractivity contribution in [1.82, 2.24) is 0 Å². The van der Waals surface area contributed by atoms with Crippen molar-refractivity contribution in [1.29, 1.82) is 0 Å². The number of aryl methyl sites for hydroxylation is 2. The molecule has 1 saturated heterocycles. The van der Waals surface area contributed by atoms with Crippen LogP contribution in [0.25, 0.3) is 22.3 Å². The molecule has 306 valence electrons. The number of aromatic carboxylic acids is 3. The van der Waals surface area contributed by atoms with Crippen molar-refractivity contribution in [3.63, 3.8) is 0 Å². The van der Waals surface area contributed by atoms with Gasteiger partial charge in [0, 0.05) is 45.2 Å². The lowest BCUT2D eigenvalue weighted by Crippen LogP contribution is -2.38. The molecule has 1 aliphatic rings. The number of benzene rings is 5. The summed E-state index contributed by atoms with van der Waals surface area (Å²) < 4.78 is 15.6. The van der Waals surface area contributed by atoms with Gasteiger partial charge in [-0.05, 0) is 127 Å². The maximum Gasteiger partial charge on any atom is 0.335 e. The van der Waals surface area contributed by atoms with Gasteiger partial charge in [0.15, 0.2) is 0 Å². The third kappa shape index (κ3) is 11.9. The summed E-state index contributed by atoms with van der Waals surface area (Å²) in [5, 5.41) is 27.2. The number of hydrogen-bond donors (Lipinski definition) is 3. The van der Waals surface area contributed by atoms with Crippen LogP contribution < -0.4 is 4.90 Å². The summed E-state index contributed by atoms with van der Waals surface area (Å²) in [5.41, 5.74) is 11.4. The van der Waals surface area contributed by atoms with Gasteiger partial charge in [0.2, 0.25) is 0 Å². The second-order valence-electron chi connectivity index (χ2n) is 14.2. The molecule has 3 N–H and O–H groups in total. The van der Waals surface area contributed by atoms with E-state index in [1.54, 1.807) is 57.7 Å². The van der Waals surface area contributed by atoms with Crippen molar-refractivity contribution in [2.45, 2.75) is 72.3 Å². The Kier molecular flexibility index (Phi) is 17.2. The lowest BCUT2D eigenvalue weighted by atomic mass is 9.93. The second kappa shape index (κ2) is 22.2. The summed E-state index contributed by atoms with van der Waals surface area (Å²) in [6.45, 7) is 8.64. The van der Waals surface area contributed by atoms with Gasteiger partial charge in [-0.15, -0.1) is 0 Å². The van der Waals surface area contributed by atoms with Gasteiger partial charge >= 0.3 is 17.9 Å². The molecule has 0 amide bonds. The van der Waals surface area contributed by atoms with E-state index in [4.69, 9.17) is 29.5 Å². The molecule has 0 bridgehead atoms. The van der Waals surface area contributed by atoms with E-state index in [1.807, 2.05) is 61.5 Å². The molecule has 1 fully saturated rings. The van der Waals surface area contributed by atoms with Crippen molar-refractivity contribution in [2.75, 3.05) is 32.8 Å². The molecule has 0 aromatic heterocycles. The molecule has 5 aromatic carbocycles. The van der Waals surface area contributed by atoms with Crippen LogP contribution >= 0.6 is 0 Å². The first-order chi connectivity index (χ1) is 27.9. The molecule has 0 aliphatic carbocycles. The minimum Gasteiger partial charge on any atom is -0.478 e. The lowest BCUT2D eigenvalue weighted by molar-refractivity contribution is 0.0685. The van der Waals surface area contributed by atoms with E-state index in [2.05, 4.69) is 30.9 Å². The van der Waals surface area contributed by atoms with Crippen molar-refractivity contribution in [2.24, 2.45) is 0 Å². The summed E-state index contributed by atoms with van der Waals surface area (Å²) in [6, 6.07) is 32.4. The van der Waals surface area contributed by atoms with Crippen molar-refractivity contribution >= 4 is 23.6 Å². The van der Waals surface area contributed by atoms with Crippen LogP contribution in [0.2, 0.25) is 0 Å². The van der Waals surface area contributed by atoms with E-state index in [0.717, 1.165) is 63.2 Å². The maximum absolute atomic E-state index is 11.1. The zero-order valence-corrected chi connectivity index (χ0v) is 34.3. The molecule has 1 atom stereocenters. The SMILES string of the molecule is CCc1ccccc1-c1ccc(C(=O)O)cc1COC.COCc1cc(C(=O)O)ccc1-c1ccccc1C.COCc1cc(C(=O)O)ccc1N1CCCCC1C. The van der Waals surface area contributed by atoms with Crippen LogP contribution in [0.1, 0.15) is 92.0 Å². The Balaban J connectivity index is 0.000000193. The smallest absolute Gasteiger partial charge is 0.335 e. The summed E-state index contributed by atoms with van der Waals surface area (Å²) >= 11 is 0. The summed E-state index contributed by atoms with van der Waals surface area (Å²) in [7, 11) is 4.86. The van der Waals surface area contributed by atoms with Gasteiger partial charge < -0.3 is 34.4 Å². The van der Waals surface area contributed by atoms with Crippen LogP contribution in [0, 0.1) is 6.92 Å². The first-order valence-corrected chi connectivity index (χ1v) is 19.4. The minimum absolute atomic E-state index is 0.282. The highest BCUT2D eigenvalue weighted by molar-refractivity contribution is 5.90. The van der Waals surface area contributed by atoms with E-state index < -0.39 is 17.9 Å². The van der Waals surface area contributed by atoms with Crippen LogP contribution in [0.4, 0.5) is 5.69 Å². The number of anilines is 1. The predicted octanol–water partition coefficient (Wildman–Crippen LogP) is 10.2. The van der Waals surface area contributed by atoms with E-state index in [1.165, 1.54) is 24.8 Å². The zero-order chi connectivity index (χ0) is 42.2. The van der Waals surface area contributed by atoms with Crippen LogP contribution in [0.5, 0.6) is 0 Å². The Labute approximate surface area is 341 Å². The highest BCUT2D eigenvalue weighted by Gasteiger charge is 2.22. The largest absolute Gasteiger partial charge is 0.478 e. The van der Waals surface area contributed by atoms with Gasteiger partial charge in [-0.25, -0.2) is 14.4 Å². The molecule has 6 rings (SSSR count). The molecule has 1 unspecified atom stereocenters. The quantitative estimate of drug-likeness (QED) is 0.105. The van der Waals surface area contributed by atoms with Crippen molar-refractivity contribution < 1.29 is 43.9 Å². The standard InChI is InChI=1S/C17H18O3.C16H16O3.C15H21NO3/c1-3-12-6-4-5-7-15(12)16-9-8-13(17(18)19)10-14(16)11-20-2;1-11-5-3-4-6-14(11)15-8-7-12(16(17)18)9-13(15)10-19-2;1-11-5-3-4-8-16(11)14-7-6-12(15(17)18)9-13(14)10-19-2/h4-10H,3,11H2,1-2H3,(H,18,19);3-9H,10H2,1-2H3,(H,17,18);6-7,9,11H,3-5,8,10H2,1-2H3,(H,17,18). The number of methoxy groups -OCH3 is 3. The first kappa shape index (κ1) is 44.9. The average molecular weight is 790 g/mol. The average Bonchev–Trinajstić information content (AvgIpc) is 3.22. The van der Waals surface area contributed by atoms with E-state index in [9.17, 15) is 14.4 Å². The molecule has 0 radical (unpaired) electrons. The number of rotatable bonds is 13. The maximum atomic E-state index is 11.1. The van der Waals surface area contributed by atoms with Crippen molar-refractivity contribution in [3.8, 4) is 22.3 Å². The van der Waals surface area contributed by atoms with E-state index >= 15 is 0 Å². The summed E-state index contributed by atoms with van der Waals surface area (Å²) in [4.78, 5) is 35.5. The normalized spacial score (nSPS) is 13.4. The number of carboxylic acids is 3. The lowest BCUT2D eigenvalue weighted by Gasteiger charge is -2.36. The zero-order valence-electron chi connectivity index (χ0n) is 34.3. The van der Waals surface area contributed by atoms with Gasteiger partial charge in [-0.2, -0.15) is 0 Å². The van der Waals surface area contributed by atoms with Crippen LogP contribution in [-0.2, 0) is 40.5 Å². The van der Waals surface area contributed by atoms with E-state index in [0.29, 0.717) is 31.4 Å². The number of piperidine rings is 1. The van der Waals surface area contributed by atoms with Gasteiger partial charge in [0.05, 0.1) is 36.5 Å². The Morgan fingerprint density at radius 1 is 0.586 bits per heavy atom. The number of nitrogens with zero attached hydrogens (tertiary/aromatic N) is 1. The molecule has 0 saturated carbocycles. The summed E-state index contributed by atoms with van der Waals surface area (Å²) in [5.74, 6) is -2.73. The van der Waals surface area contributed by atoms with E-state index in [-0.39, 0.29) is 11.1 Å². The van der Waals surface area contributed by atoms with Crippen molar-refractivity contribution in [3.05, 3.63) is 148 Å². The fraction of sp³-hybridized carbons (Fsp3) is 0.312. The predicted molar refractivity (Wildman–Crippen MR) is 228 cm³/mol. The molecule has 58 heavy (non-hydrogen) atoms. The van der Waals surface area contributed by atoms with Crippen LogP contribution in [-0.4, -0.2) is 67.1 Å². The minimum atomic E-state index is -0.923. The highest BCUT2D eigenvalue weighted by atomic mass is 16.5. The summed E-state index contributed by atoms with van der Waals surface area (Å²) in [6.07, 6.45) is 4.58. The Morgan fingerprint density at radius 2 is 1.03 bits per heavy atom. The monoisotopic (exact) mass is 789 g/mol. The molecular weight excluding hydrogens is 735 g/mol. The number of hydrogen-bond acceptors (Lipinski definition) is 7. The third-order valence-corrected chi connectivity index (χ3v) is 10.2. The fourth-order valence-corrected chi connectivity index (χ4v) is 7.22. The number of ether oxygens (including phenoxy) is 3. The Hall–Kier alpha value is -5.81. The molecule has 1 aliphatic heterocycles. The topological polar surface area (TPSA) is 143 Å². The molecule has 0 spiro atoms. The molecular formula is C48H55NO9. The second-order valence-corrected chi connectivity index (χ2v) is 14.2. The molecule has 1 heterocycles. The van der Waals surface area contributed by atoms with Gasteiger partial charge in [-0.3, -0.25) is 0 Å².